The van der Waals surface area contributed by atoms with Gasteiger partial charge in [-0.25, -0.2) is 0 Å². The zero-order valence-corrected chi connectivity index (χ0v) is 22.5. The van der Waals surface area contributed by atoms with Crippen molar-refractivity contribution in [1.29, 1.82) is 5.41 Å². The van der Waals surface area contributed by atoms with Gasteiger partial charge in [-0.1, -0.05) is 42.0 Å². The fourth-order valence-corrected chi connectivity index (χ4v) is 5.37. The number of carbonyl (C=O) groups is 1. The minimum atomic E-state index is -4.09. The van der Waals surface area contributed by atoms with Crippen LogP contribution in [-0.2, 0) is 14.9 Å². The van der Waals surface area contributed by atoms with Crippen LogP contribution in [-0.4, -0.2) is 49.1 Å². The zero-order chi connectivity index (χ0) is 27.6. The lowest BCUT2D eigenvalue weighted by Gasteiger charge is -2.20. The standard InChI is InChI=1S/C27H22N4O6S2/c1-17-8-11-20(12-9-17)39(33,34)37-22-13-10-18(15-23(22)35-2)14-21-25(28)31-27(29-26(21)32)38-24(30-31)16-36-19-6-4-3-5-7-19/h3-15,28H,16H2,1-2H3. The molecule has 3 aromatic carbocycles. The molecule has 0 atom stereocenters. The smallest absolute Gasteiger partial charge is 0.339 e. The Morgan fingerprint density at radius 3 is 2.49 bits per heavy atom. The van der Waals surface area contributed by atoms with Crippen LogP contribution in [0.25, 0.3) is 6.08 Å². The number of ether oxygens (including phenoxy) is 2. The normalized spacial score (nSPS) is 16.1. The number of aliphatic imine (C=N–C) groups is 1. The molecule has 0 saturated heterocycles. The van der Waals surface area contributed by atoms with Gasteiger partial charge in [0.05, 0.1) is 12.7 Å². The Balaban J connectivity index is 1.35. The summed E-state index contributed by atoms with van der Waals surface area (Å²) in [5.41, 5.74) is 1.40. The van der Waals surface area contributed by atoms with Crippen molar-refractivity contribution < 1.29 is 26.9 Å². The summed E-state index contributed by atoms with van der Waals surface area (Å²) in [5, 5.41) is 15.1. The third-order valence-electron chi connectivity index (χ3n) is 5.61. The third-order valence-corrected chi connectivity index (χ3v) is 7.74. The lowest BCUT2D eigenvalue weighted by Crippen LogP contribution is -2.35. The molecule has 2 aliphatic rings. The molecule has 3 aromatic rings. The van der Waals surface area contributed by atoms with E-state index in [4.69, 9.17) is 19.1 Å². The number of benzene rings is 3. The SMILES string of the molecule is COc1cc(C=C2C(=N)N3N=C(COc4ccccc4)SC3=NC2=O)ccc1OS(=O)(=O)c1ccc(C)cc1. The number of hydrogen-bond donors (Lipinski definition) is 1. The Kier molecular flexibility index (Phi) is 7.22. The van der Waals surface area contributed by atoms with E-state index in [1.165, 1.54) is 42.5 Å². The predicted octanol–water partition coefficient (Wildman–Crippen LogP) is 4.47. The molecule has 12 heteroatoms. The number of thioether (sulfide) groups is 1. The number of methoxy groups -OCH3 is 1. The highest BCUT2D eigenvalue weighted by atomic mass is 32.2. The number of fused-ring (bicyclic) bond motifs is 1. The largest absolute Gasteiger partial charge is 0.493 e. The van der Waals surface area contributed by atoms with E-state index in [0.29, 0.717) is 16.4 Å². The Labute approximate surface area is 229 Å². The van der Waals surface area contributed by atoms with Crippen molar-refractivity contribution in [3.8, 4) is 17.2 Å². The number of aryl methyl sites for hydroxylation is 1. The van der Waals surface area contributed by atoms with Gasteiger partial charge in [-0.2, -0.15) is 23.5 Å². The van der Waals surface area contributed by atoms with Crippen LogP contribution in [0.2, 0.25) is 0 Å². The van der Waals surface area contributed by atoms with Crippen LogP contribution >= 0.6 is 11.8 Å². The number of amidine groups is 2. The first-order valence-electron chi connectivity index (χ1n) is 11.6. The molecule has 0 saturated carbocycles. The maximum atomic E-state index is 12.8. The van der Waals surface area contributed by atoms with Gasteiger partial charge in [0.1, 0.15) is 22.3 Å². The molecule has 1 N–H and O–H groups in total. The number of nitrogens with zero attached hydrogens (tertiary/aromatic N) is 3. The van der Waals surface area contributed by atoms with Crippen molar-refractivity contribution in [2.75, 3.05) is 13.7 Å². The third kappa shape index (κ3) is 5.71. The first kappa shape index (κ1) is 26.2. The van der Waals surface area contributed by atoms with Gasteiger partial charge in [0, 0.05) is 0 Å². The van der Waals surface area contributed by atoms with Gasteiger partial charge < -0.3 is 13.7 Å². The fraction of sp³-hybridized carbons (Fsp3) is 0.111. The molecule has 0 spiro atoms. The molecule has 2 aliphatic heterocycles. The van der Waals surface area contributed by atoms with Gasteiger partial charge in [0.25, 0.3) is 5.91 Å². The van der Waals surface area contributed by atoms with Gasteiger partial charge in [-0.3, -0.25) is 10.2 Å². The molecule has 10 nitrogen and oxygen atoms in total. The van der Waals surface area contributed by atoms with Crippen molar-refractivity contribution in [3.05, 3.63) is 89.5 Å². The molecule has 39 heavy (non-hydrogen) atoms. The molecule has 5 rings (SSSR count). The minimum Gasteiger partial charge on any atom is -0.493 e. The lowest BCUT2D eigenvalue weighted by molar-refractivity contribution is -0.114. The van der Waals surface area contributed by atoms with Crippen LogP contribution in [0.4, 0.5) is 0 Å². The van der Waals surface area contributed by atoms with E-state index in [9.17, 15) is 13.2 Å². The van der Waals surface area contributed by atoms with E-state index in [-0.39, 0.29) is 39.6 Å². The van der Waals surface area contributed by atoms with E-state index in [1.807, 2.05) is 37.3 Å². The monoisotopic (exact) mass is 562 g/mol. The molecule has 198 valence electrons. The first-order valence-corrected chi connectivity index (χ1v) is 13.8. The maximum absolute atomic E-state index is 12.8. The molecule has 0 fully saturated rings. The van der Waals surface area contributed by atoms with E-state index in [1.54, 1.807) is 18.2 Å². The highest BCUT2D eigenvalue weighted by Crippen LogP contribution is 2.33. The van der Waals surface area contributed by atoms with Crippen molar-refractivity contribution in [2.24, 2.45) is 10.1 Å². The number of hydrogen-bond acceptors (Lipinski definition) is 9. The number of para-hydroxylation sites is 1. The van der Waals surface area contributed by atoms with Crippen LogP contribution in [0.3, 0.4) is 0 Å². The zero-order valence-electron chi connectivity index (χ0n) is 20.8. The maximum Gasteiger partial charge on any atom is 0.339 e. The molecule has 2 heterocycles. The molecule has 1 amide bonds. The predicted molar refractivity (Wildman–Crippen MR) is 149 cm³/mol. The summed E-state index contributed by atoms with van der Waals surface area (Å²) in [5.74, 6) is 0.0459. The summed E-state index contributed by atoms with van der Waals surface area (Å²) in [6.45, 7) is 2.01. The second-order valence-electron chi connectivity index (χ2n) is 8.38. The second kappa shape index (κ2) is 10.8. The van der Waals surface area contributed by atoms with Crippen molar-refractivity contribution in [1.82, 2.24) is 5.01 Å². The van der Waals surface area contributed by atoms with Crippen LogP contribution in [0, 0.1) is 12.3 Å². The summed E-state index contributed by atoms with van der Waals surface area (Å²) in [6, 6.07) is 20.0. The highest BCUT2D eigenvalue weighted by molar-refractivity contribution is 8.27. The summed E-state index contributed by atoms with van der Waals surface area (Å²) in [7, 11) is -2.72. The van der Waals surface area contributed by atoms with Gasteiger partial charge in [-0.05, 0) is 66.7 Å². The summed E-state index contributed by atoms with van der Waals surface area (Å²) < 4.78 is 41.8. The van der Waals surface area contributed by atoms with Crippen LogP contribution in [0.5, 0.6) is 17.2 Å². The molecule has 0 aliphatic carbocycles. The Bertz CT molecular complexity index is 1650. The molecular weight excluding hydrogens is 540 g/mol. The molecule has 0 radical (unpaired) electrons. The average Bonchev–Trinajstić information content (AvgIpc) is 3.34. The summed E-state index contributed by atoms with van der Waals surface area (Å²) in [4.78, 5) is 16.9. The second-order valence-corrected chi connectivity index (χ2v) is 11.0. The fourth-order valence-electron chi connectivity index (χ4n) is 3.63. The van der Waals surface area contributed by atoms with Crippen LogP contribution < -0.4 is 13.7 Å². The highest BCUT2D eigenvalue weighted by Gasteiger charge is 2.35. The van der Waals surface area contributed by atoms with E-state index >= 15 is 0 Å². The molecule has 0 bridgehead atoms. The van der Waals surface area contributed by atoms with E-state index < -0.39 is 16.0 Å². The summed E-state index contributed by atoms with van der Waals surface area (Å²) >= 11 is 1.16. The number of carbonyl (C=O) groups excluding carboxylic acids is 1. The number of hydrazone groups is 1. The van der Waals surface area contributed by atoms with E-state index in [2.05, 4.69) is 10.1 Å². The van der Waals surface area contributed by atoms with Gasteiger partial charge in [0.2, 0.25) is 5.17 Å². The lowest BCUT2D eigenvalue weighted by atomic mass is 10.1. The number of amides is 1. The number of nitrogens with one attached hydrogen (secondary N) is 1. The number of rotatable bonds is 8. The van der Waals surface area contributed by atoms with Crippen LogP contribution in [0.1, 0.15) is 11.1 Å². The summed E-state index contributed by atoms with van der Waals surface area (Å²) in [6.07, 6.45) is 1.46. The quantitative estimate of drug-likeness (QED) is 0.314. The minimum absolute atomic E-state index is 0.00818. The molecular formula is C27H22N4O6S2. The van der Waals surface area contributed by atoms with Gasteiger partial charge >= 0.3 is 10.1 Å². The average molecular weight is 563 g/mol. The Morgan fingerprint density at radius 1 is 1.03 bits per heavy atom. The van der Waals surface area contributed by atoms with Crippen LogP contribution in [0.15, 0.2) is 93.4 Å². The Morgan fingerprint density at radius 2 is 1.77 bits per heavy atom. The molecule has 0 unspecified atom stereocenters. The van der Waals surface area contributed by atoms with Crippen molar-refractivity contribution in [3.63, 3.8) is 0 Å². The van der Waals surface area contributed by atoms with Gasteiger partial charge in [0.15, 0.2) is 17.3 Å². The van der Waals surface area contributed by atoms with Gasteiger partial charge in [-0.15, -0.1) is 0 Å². The van der Waals surface area contributed by atoms with Crippen molar-refractivity contribution >= 4 is 49.9 Å². The van der Waals surface area contributed by atoms with Crippen molar-refractivity contribution in [2.45, 2.75) is 11.8 Å². The molecule has 0 aromatic heterocycles. The van der Waals surface area contributed by atoms with E-state index in [0.717, 1.165) is 17.3 Å². The Hall–Kier alpha value is -4.42. The first-order chi connectivity index (χ1) is 18.7. The topological polar surface area (TPSA) is 131 Å².